The molecular weight excluding hydrogens is 392 g/mol. The minimum absolute atomic E-state index is 0.0665. The number of esters is 1. The molecule has 27 heavy (non-hydrogen) atoms. The summed E-state index contributed by atoms with van der Waals surface area (Å²) in [5.41, 5.74) is 0.339. The van der Waals surface area contributed by atoms with Gasteiger partial charge in [0, 0.05) is 28.3 Å². The van der Waals surface area contributed by atoms with E-state index in [9.17, 15) is 13.6 Å². The fourth-order valence-corrected chi connectivity index (χ4v) is 3.15. The summed E-state index contributed by atoms with van der Waals surface area (Å²) >= 11 is 6.97. The van der Waals surface area contributed by atoms with Crippen molar-refractivity contribution in [2.75, 3.05) is 6.61 Å². The number of aromatic amines is 1. The molecule has 3 rings (SSSR count). The fourth-order valence-electron chi connectivity index (χ4n) is 2.05. The van der Waals surface area contributed by atoms with Crippen molar-refractivity contribution in [2.45, 2.75) is 37.5 Å². The van der Waals surface area contributed by atoms with Gasteiger partial charge in [0.05, 0.1) is 17.1 Å². The number of carbonyl (C=O) groups is 1. The number of hydrogen-bond donors (Lipinski definition) is 1. The highest BCUT2D eigenvalue weighted by Gasteiger charge is 2.12. The number of benzene rings is 2. The molecule has 0 amide bonds. The number of ether oxygens (including phenoxy) is 1. The van der Waals surface area contributed by atoms with Crippen molar-refractivity contribution in [1.82, 2.24) is 4.98 Å². The molecule has 0 atom stereocenters. The Balaban J connectivity index is 0.000000392. The Labute approximate surface area is 167 Å². The molecule has 3 nitrogen and oxygen atoms in total. The molecule has 1 heterocycles. The second kappa shape index (κ2) is 11.6. The lowest BCUT2D eigenvalue weighted by Crippen LogP contribution is -1.95. The number of hydrogen-bond acceptors (Lipinski definition) is 3. The van der Waals surface area contributed by atoms with Crippen LogP contribution in [-0.2, 0) is 9.53 Å². The minimum atomic E-state index is -0.487. The molecule has 2 aromatic carbocycles. The van der Waals surface area contributed by atoms with Gasteiger partial charge in [-0.15, -0.1) is 0 Å². The van der Waals surface area contributed by atoms with Crippen LogP contribution in [0.15, 0.2) is 52.4 Å². The highest BCUT2D eigenvalue weighted by molar-refractivity contribution is 7.99. The topological polar surface area (TPSA) is 42.1 Å². The van der Waals surface area contributed by atoms with Crippen LogP contribution in [0.25, 0.3) is 10.9 Å². The molecule has 0 unspecified atom stereocenters. The summed E-state index contributed by atoms with van der Waals surface area (Å²) in [6.07, 6.45) is 1.65. The van der Waals surface area contributed by atoms with E-state index >= 15 is 0 Å². The van der Waals surface area contributed by atoms with Crippen molar-refractivity contribution in [2.24, 2.45) is 0 Å². The van der Waals surface area contributed by atoms with E-state index in [0.29, 0.717) is 22.4 Å². The molecule has 0 bridgehead atoms. The Hall–Kier alpha value is -2.05. The van der Waals surface area contributed by atoms with Gasteiger partial charge in [-0.05, 0) is 31.2 Å². The number of aromatic nitrogens is 1. The minimum Gasteiger partial charge on any atom is -0.466 e. The molecule has 146 valence electrons. The Kier molecular flexibility index (Phi) is 9.89. The van der Waals surface area contributed by atoms with Crippen molar-refractivity contribution >= 4 is 40.2 Å². The molecule has 0 spiro atoms. The van der Waals surface area contributed by atoms with E-state index in [0.717, 1.165) is 4.90 Å². The number of rotatable bonds is 3. The zero-order chi connectivity index (χ0) is 20.4. The fraction of sp³-hybridized carbons (Fsp3) is 0.250. The van der Waals surface area contributed by atoms with Gasteiger partial charge in [0.1, 0.15) is 5.82 Å². The Morgan fingerprint density at radius 3 is 2.37 bits per heavy atom. The molecule has 0 aliphatic carbocycles. The monoisotopic (exact) mass is 413 g/mol. The third kappa shape index (κ3) is 6.56. The van der Waals surface area contributed by atoms with Crippen molar-refractivity contribution < 1.29 is 18.3 Å². The van der Waals surface area contributed by atoms with Gasteiger partial charge in [0.2, 0.25) is 0 Å². The third-order valence-corrected chi connectivity index (χ3v) is 4.51. The van der Waals surface area contributed by atoms with Gasteiger partial charge >= 0.3 is 5.97 Å². The van der Waals surface area contributed by atoms with E-state index in [-0.39, 0.29) is 16.8 Å². The van der Waals surface area contributed by atoms with Crippen molar-refractivity contribution in [1.29, 1.82) is 0 Å². The Bertz CT molecular complexity index is 884. The highest BCUT2D eigenvalue weighted by atomic mass is 35.5. The van der Waals surface area contributed by atoms with E-state index < -0.39 is 5.82 Å². The van der Waals surface area contributed by atoms with Crippen LogP contribution >= 0.6 is 23.4 Å². The van der Waals surface area contributed by atoms with Crippen LogP contribution in [-0.4, -0.2) is 17.6 Å². The molecule has 0 saturated carbocycles. The van der Waals surface area contributed by atoms with Crippen LogP contribution in [0.3, 0.4) is 0 Å². The van der Waals surface area contributed by atoms with Crippen molar-refractivity contribution in [3.05, 3.63) is 59.3 Å². The van der Waals surface area contributed by atoms with E-state index in [4.69, 9.17) is 11.6 Å². The lowest BCUT2D eigenvalue weighted by Gasteiger charge is -2.02. The number of nitrogens with one attached hydrogen (secondary N) is 1. The molecule has 0 radical (unpaired) electrons. The average molecular weight is 414 g/mol. The predicted octanol–water partition coefficient (Wildman–Crippen LogP) is 6.85. The average Bonchev–Trinajstić information content (AvgIpc) is 3.06. The second-order valence-electron chi connectivity index (χ2n) is 4.89. The molecule has 0 aliphatic heterocycles. The summed E-state index contributed by atoms with van der Waals surface area (Å²) in [5, 5.41) is 0.756. The highest BCUT2D eigenvalue weighted by Crippen LogP contribution is 2.36. The van der Waals surface area contributed by atoms with E-state index in [1.54, 1.807) is 37.4 Å². The molecule has 3 aromatic rings. The second-order valence-corrected chi connectivity index (χ2v) is 6.38. The Morgan fingerprint density at radius 1 is 1.15 bits per heavy atom. The lowest BCUT2D eigenvalue weighted by molar-refractivity contribution is -0.140. The zero-order valence-corrected chi connectivity index (χ0v) is 17.2. The first-order valence-corrected chi connectivity index (χ1v) is 9.64. The van der Waals surface area contributed by atoms with Crippen LogP contribution in [0.1, 0.15) is 27.7 Å². The summed E-state index contributed by atoms with van der Waals surface area (Å²) in [6, 6.07) is 9.70. The summed E-state index contributed by atoms with van der Waals surface area (Å²) in [4.78, 5) is 13.9. The first-order valence-electron chi connectivity index (χ1n) is 8.44. The Morgan fingerprint density at radius 2 is 1.81 bits per heavy atom. The van der Waals surface area contributed by atoms with Crippen LogP contribution in [0.2, 0.25) is 5.02 Å². The third-order valence-electron chi connectivity index (χ3n) is 3.11. The number of carbonyl (C=O) groups excluding carboxylic acids is 1. The molecule has 0 fully saturated rings. The van der Waals surface area contributed by atoms with E-state index in [2.05, 4.69) is 9.72 Å². The molecule has 1 aromatic heterocycles. The number of halogens is 3. The van der Waals surface area contributed by atoms with Gasteiger partial charge in [-0.2, -0.15) is 0 Å². The molecule has 0 aliphatic rings. The van der Waals surface area contributed by atoms with Crippen molar-refractivity contribution in [3.8, 4) is 0 Å². The molecule has 7 heteroatoms. The van der Waals surface area contributed by atoms with Gasteiger partial charge < -0.3 is 9.72 Å². The summed E-state index contributed by atoms with van der Waals surface area (Å²) < 4.78 is 31.8. The van der Waals surface area contributed by atoms with E-state index in [1.165, 1.54) is 30.8 Å². The first-order chi connectivity index (χ1) is 12.9. The maximum absolute atomic E-state index is 13.8. The van der Waals surface area contributed by atoms with Crippen LogP contribution in [0, 0.1) is 11.6 Å². The summed E-state index contributed by atoms with van der Waals surface area (Å²) in [7, 11) is 0. The maximum atomic E-state index is 13.8. The van der Waals surface area contributed by atoms with Crippen LogP contribution < -0.4 is 0 Å². The number of H-pyrrole nitrogens is 1. The molecule has 1 N–H and O–H groups in total. The quantitative estimate of drug-likeness (QED) is 0.477. The first kappa shape index (κ1) is 23.0. The van der Waals surface area contributed by atoms with Crippen LogP contribution in [0.4, 0.5) is 8.78 Å². The van der Waals surface area contributed by atoms with Gasteiger partial charge in [-0.25, -0.2) is 8.78 Å². The normalized spacial score (nSPS) is 9.74. The van der Waals surface area contributed by atoms with Crippen LogP contribution in [0.5, 0.6) is 0 Å². The van der Waals surface area contributed by atoms with Gasteiger partial charge in [-0.1, -0.05) is 49.3 Å². The SMILES string of the molecule is CC.CCOC(C)=O.Fc1ccccc1Sc1c[nH]c2c(F)c(Cl)ccc12. The number of fused-ring (bicyclic) bond motifs is 1. The van der Waals surface area contributed by atoms with Gasteiger partial charge in [-0.3, -0.25) is 4.79 Å². The van der Waals surface area contributed by atoms with Crippen molar-refractivity contribution in [3.63, 3.8) is 0 Å². The van der Waals surface area contributed by atoms with Gasteiger partial charge in [0.15, 0.2) is 5.82 Å². The summed E-state index contributed by atoms with van der Waals surface area (Å²) in [5.74, 6) is -0.992. The summed E-state index contributed by atoms with van der Waals surface area (Å²) in [6.45, 7) is 7.65. The molecular formula is C20H22ClF2NO2S. The van der Waals surface area contributed by atoms with E-state index in [1.807, 2.05) is 13.8 Å². The zero-order valence-electron chi connectivity index (χ0n) is 15.6. The molecule has 0 saturated heterocycles. The lowest BCUT2D eigenvalue weighted by atomic mass is 10.2. The largest absolute Gasteiger partial charge is 0.466 e. The van der Waals surface area contributed by atoms with Gasteiger partial charge in [0.25, 0.3) is 0 Å². The maximum Gasteiger partial charge on any atom is 0.302 e. The standard InChI is InChI=1S/C14H8ClF2NS.C4H8O2.C2H6/c15-9-6-5-8-12(7-18-14(8)13(9)17)19-11-4-2-1-3-10(11)16;1-3-6-4(2)5;1-2/h1-7,18H;3H2,1-2H3;1-2H3. The smallest absolute Gasteiger partial charge is 0.302 e. The predicted molar refractivity (Wildman–Crippen MR) is 107 cm³/mol.